The number of anilines is 1. The highest BCUT2D eigenvalue weighted by Gasteiger charge is 2.14. The molecule has 0 aliphatic heterocycles. The third kappa shape index (κ3) is 5.67. The van der Waals surface area contributed by atoms with Crippen LogP contribution in [0, 0.1) is 0 Å². The molecule has 0 unspecified atom stereocenters. The van der Waals surface area contributed by atoms with Gasteiger partial charge >= 0.3 is 0 Å². The summed E-state index contributed by atoms with van der Waals surface area (Å²) in [5.41, 5.74) is 2.58. The number of hydrogen-bond acceptors (Lipinski definition) is 7. The molecule has 1 amide bonds. The number of hydrogen-bond donors (Lipinski definition) is 1. The lowest BCUT2D eigenvalue weighted by atomic mass is 10.2. The number of ether oxygens (including phenoxy) is 2. The van der Waals surface area contributed by atoms with Gasteiger partial charge in [-0.15, -0.1) is 10.2 Å². The van der Waals surface area contributed by atoms with Crippen molar-refractivity contribution in [3.05, 3.63) is 94.8 Å². The van der Waals surface area contributed by atoms with Gasteiger partial charge in [0.1, 0.15) is 11.6 Å². The van der Waals surface area contributed by atoms with E-state index in [9.17, 15) is 4.79 Å². The molecule has 2 heterocycles. The highest BCUT2D eigenvalue weighted by Crippen LogP contribution is 2.30. The maximum atomic E-state index is 12.8. The van der Waals surface area contributed by atoms with Crippen LogP contribution in [0.4, 0.5) is 5.13 Å². The number of benzene rings is 2. The molecule has 0 saturated carbocycles. The molecular formula is C24H22N4O3S. The Morgan fingerprint density at radius 1 is 0.938 bits per heavy atom. The maximum absolute atomic E-state index is 12.8. The Bertz CT molecular complexity index is 1170. The number of aromatic nitrogens is 3. The molecule has 0 saturated heterocycles. The fraction of sp³-hybridized carbons (Fsp3) is 0.167. The van der Waals surface area contributed by atoms with Crippen molar-refractivity contribution in [3.8, 4) is 11.5 Å². The van der Waals surface area contributed by atoms with Gasteiger partial charge in [-0.2, -0.15) is 0 Å². The lowest BCUT2D eigenvalue weighted by Gasteiger charge is -2.13. The predicted octanol–water partition coefficient (Wildman–Crippen LogP) is 4.75. The molecule has 2 aromatic carbocycles. The lowest BCUT2D eigenvalue weighted by Crippen LogP contribution is -2.12. The van der Waals surface area contributed by atoms with Crippen LogP contribution in [0.3, 0.4) is 0 Å². The molecule has 4 rings (SSSR count). The van der Waals surface area contributed by atoms with Crippen LogP contribution in [0.25, 0.3) is 0 Å². The van der Waals surface area contributed by atoms with Crippen LogP contribution < -0.4 is 14.8 Å². The minimum atomic E-state index is -0.283. The normalized spacial score (nSPS) is 10.5. The molecule has 2 aromatic heterocycles. The molecule has 0 aliphatic carbocycles. The van der Waals surface area contributed by atoms with E-state index in [4.69, 9.17) is 9.47 Å². The van der Waals surface area contributed by atoms with Crippen molar-refractivity contribution in [2.75, 3.05) is 11.9 Å². The van der Waals surface area contributed by atoms with Gasteiger partial charge in [-0.05, 0) is 48.4 Å². The van der Waals surface area contributed by atoms with Gasteiger partial charge in [-0.3, -0.25) is 15.1 Å². The Balaban J connectivity index is 1.42. The van der Waals surface area contributed by atoms with E-state index in [0.717, 1.165) is 16.1 Å². The molecule has 7 nitrogen and oxygen atoms in total. The molecule has 1 N–H and O–H groups in total. The Labute approximate surface area is 190 Å². The highest BCUT2D eigenvalue weighted by molar-refractivity contribution is 7.15. The van der Waals surface area contributed by atoms with Crippen molar-refractivity contribution < 1.29 is 14.3 Å². The average molecular weight is 447 g/mol. The van der Waals surface area contributed by atoms with Gasteiger partial charge in [-0.25, -0.2) is 0 Å². The molecule has 4 aromatic rings. The average Bonchev–Trinajstić information content (AvgIpc) is 3.26. The second-order valence-corrected chi connectivity index (χ2v) is 7.92. The van der Waals surface area contributed by atoms with Gasteiger partial charge in [0.15, 0.2) is 11.5 Å². The van der Waals surface area contributed by atoms with Crippen LogP contribution in [0.2, 0.25) is 0 Å². The summed E-state index contributed by atoms with van der Waals surface area (Å²) < 4.78 is 11.6. The molecular weight excluding hydrogens is 424 g/mol. The third-order valence-electron chi connectivity index (χ3n) is 4.53. The molecule has 0 radical (unpaired) electrons. The molecule has 0 fully saturated rings. The van der Waals surface area contributed by atoms with Crippen molar-refractivity contribution >= 4 is 22.4 Å². The van der Waals surface area contributed by atoms with E-state index < -0.39 is 0 Å². The van der Waals surface area contributed by atoms with E-state index in [1.165, 1.54) is 11.3 Å². The smallest absolute Gasteiger partial charge is 0.257 e. The predicted molar refractivity (Wildman–Crippen MR) is 123 cm³/mol. The Morgan fingerprint density at radius 2 is 1.75 bits per heavy atom. The van der Waals surface area contributed by atoms with Crippen LogP contribution in [-0.4, -0.2) is 27.7 Å². The first-order valence-corrected chi connectivity index (χ1v) is 11.0. The van der Waals surface area contributed by atoms with E-state index in [1.807, 2.05) is 49.4 Å². The van der Waals surface area contributed by atoms with Gasteiger partial charge in [-0.1, -0.05) is 41.7 Å². The molecule has 0 spiro atoms. The monoisotopic (exact) mass is 446 g/mol. The van der Waals surface area contributed by atoms with Gasteiger partial charge in [0.25, 0.3) is 5.91 Å². The Kier molecular flexibility index (Phi) is 7.04. The second-order valence-electron chi connectivity index (χ2n) is 6.86. The number of carbonyl (C=O) groups excluding carboxylic acids is 1. The van der Waals surface area contributed by atoms with Crippen molar-refractivity contribution in [1.82, 2.24) is 15.2 Å². The van der Waals surface area contributed by atoms with Crippen LogP contribution >= 0.6 is 11.3 Å². The molecule has 8 heteroatoms. The number of rotatable bonds is 9. The van der Waals surface area contributed by atoms with E-state index in [1.54, 1.807) is 30.6 Å². The van der Waals surface area contributed by atoms with E-state index in [-0.39, 0.29) is 5.91 Å². The highest BCUT2D eigenvalue weighted by atomic mass is 32.1. The Hall–Kier alpha value is -3.78. The first-order valence-electron chi connectivity index (χ1n) is 10.2. The van der Waals surface area contributed by atoms with Crippen LogP contribution in [0.5, 0.6) is 11.5 Å². The number of nitrogens with one attached hydrogen (secondary N) is 1. The summed E-state index contributed by atoms with van der Waals surface area (Å²) in [4.78, 5) is 16.8. The van der Waals surface area contributed by atoms with Crippen molar-refractivity contribution in [2.45, 2.75) is 20.0 Å². The molecule has 0 bridgehead atoms. The first kappa shape index (κ1) is 21.5. The fourth-order valence-corrected chi connectivity index (χ4v) is 3.76. The molecule has 0 aliphatic rings. The largest absolute Gasteiger partial charge is 0.490 e. The third-order valence-corrected chi connectivity index (χ3v) is 5.37. The topological polar surface area (TPSA) is 86.2 Å². The number of pyridine rings is 1. The fourth-order valence-electron chi connectivity index (χ4n) is 2.99. The summed E-state index contributed by atoms with van der Waals surface area (Å²) >= 11 is 1.36. The van der Waals surface area contributed by atoms with Crippen molar-refractivity contribution in [1.29, 1.82) is 0 Å². The van der Waals surface area contributed by atoms with E-state index in [2.05, 4.69) is 20.5 Å². The molecule has 162 valence electrons. The van der Waals surface area contributed by atoms with Gasteiger partial charge in [0.2, 0.25) is 5.13 Å². The summed E-state index contributed by atoms with van der Waals surface area (Å²) in [6.07, 6.45) is 4.11. The second kappa shape index (κ2) is 10.5. The van der Waals surface area contributed by atoms with E-state index >= 15 is 0 Å². The molecule has 0 atom stereocenters. The van der Waals surface area contributed by atoms with Crippen LogP contribution in [-0.2, 0) is 13.0 Å². The first-order chi connectivity index (χ1) is 15.7. The Morgan fingerprint density at radius 3 is 2.53 bits per heavy atom. The van der Waals surface area contributed by atoms with Crippen molar-refractivity contribution in [2.24, 2.45) is 0 Å². The summed E-state index contributed by atoms with van der Waals surface area (Å²) in [7, 11) is 0. The maximum Gasteiger partial charge on any atom is 0.257 e. The summed E-state index contributed by atoms with van der Waals surface area (Å²) in [5.74, 6) is 0.798. The zero-order chi connectivity index (χ0) is 22.2. The minimum Gasteiger partial charge on any atom is -0.490 e. The summed E-state index contributed by atoms with van der Waals surface area (Å²) in [6, 6.07) is 18.9. The summed E-state index contributed by atoms with van der Waals surface area (Å²) in [6.45, 7) is 2.72. The SMILES string of the molecule is CCOc1cc(C(=O)Nc2nnc(Cc3ccccc3)s2)ccc1OCc1ccncc1. The van der Waals surface area contributed by atoms with E-state index in [0.29, 0.717) is 41.8 Å². The zero-order valence-electron chi connectivity index (χ0n) is 17.5. The van der Waals surface area contributed by atoms with Crippen LogP contribution in [0.15, 0.2) is 73.1 Å². The molecule has 32 heavy (non-hydrogen) atoms. The number of nitrogens with zero attached hydrogens (tertiary/aromatic N) is 3. The van der Waals surface area contributed by atoms with Gasteiger partial charge in [0, 0.05) is 24.4 Å². The van der Waals surface area contributed by atoms with Gasteiger partial charge < -0.3 is 9.47 Å². The minimum absolute atomic E-state index is 0.283. The van der Waals surface area contributed by atoms with Crippen molar-refractivity contribution in [3.63, 3.8) is 0 Å². The zero-order valence-corrected chi connectivity index (χ0v) is 18.3. The quantitative estimate of drug-likeness (QED) is 0.399. The standard InChI is InChI=1S/C24H22N4O3S/c1-2-30-21-15-19(8-9-20(21)31-16-18-10-12-25-13-11-18)23(29)26-24-28-27-22(32-24)14-17-6-4-3-5-7-17/h3-13,15H,2,14,16H2,1H3,(H,26,28,29). The van der Waals surface area contributed by atoms with Crippen LogP contribution in [0.1, 0.15) is 33.4 Å². The van der Waals surface area contributed by atoms with Gasteiger partial charge in [0.05, 0.1) is 6.61 Å². The number of amides is 1. The summed E-state index contributed by atoms with van der Waals surface area (Å²) in [5, 5.41) is 12.4. The number of carbonyl (C=O) groups is 1. The lowest BCUT2D eigenvalue weighted by molar-refractivity contribution is 0.102.